The number of hydrogen-bond acceptors (Lipinski definition) is 4. The van der Waals surface area contributed by atoms with Crippen molar-refractivity contribution in [1.29, 1.82) is 0 Å². The van der Waals surface area contributed by atoms with E-state index < -0.39 is 0 Å². The number of benzene rings is 12. The summed E-state index contributed by atoms with van der Waals surface area (Å²) in [5.74, 6) is 2.81. The van der Waals surface area contributed by atoms with Gasteiger partial charge in [-0.05, 0) is 164 Å². The van der Waals surface area contributed by atoms with Gasteiger partial charge in [0.05, 0.1) is 50.7 Å². The number of hydrogen-bond donors (Lipinski definition) is 0. The van der Waals surface area contributed by atoms with Gasteiger partial charge in [-0.3, -0.25) is 18.1 Å². The molecular formula is C80H52N6O2. The highest BCUT2D eigenvalue weighted by molar-refractivity contribution is 6.05. The predicted octanol–water partition coefficient (Wildman–Crippen LogP) is 19.8. The molecule has 0 amide bonds. The van der Waals surface area contributed by atoms with Crippen molar-refractivity contribution >= 4 is 60.8 Å². The molecule has 414 valence electrons. The van der Waals surface area contributed by atoms with Gasteiger partial charge in [0.15, 0.2) is 5.58 Å². The van der Waals surface area contributed by atoms with Gasteiger partial charge < -0.3 is 9.15 Å². The smallest absolute Gasteiger partial charge is 0.269 e. The molecule has 0 saturated carbocycles. The molecule has 8 heteroatoms. The van der Waals surface area contributed by atoms with Gasteiger partial charge in [0.1, 0.15) is 22.9 Å². The SMILES string of the molecule is Cc1cccc2c1nc1n(-c3cc4c(cn3)oc3ccccc34)c3cc(Oc4cccc(-n5[c-][n+](-c6c(-c7cc(-c8ccccc8)cc(-c8ccccc8)c7)cccc6-c6cc(-c7ccccc7)cc(-c7ccccc7)c6)c6ccccc65)c4)ccc3n21. The van der Waals surface area contributed by atoms with Crippen molar-refractivity contribution in [3.63, 3.8) is 0 Å². The van der Waals surface area contributed by atoms with Crippen LogP contribution in [0.3, 0.4) is 0 Å². The molecule has 0 aliphatic rings. The Morgan fingerprint density at radius 3 is 1.60 bits per heavy atom. The molecule has 0 fully saturated rings. The minimum Gasteiger partial charge on any atom is -0.458 e. The molecule has 8 nitrogen and oxygen atoms in total. The fourth-order valence-electron chi connectivity index (χ4n) is 12.9. The number of para-hydroxylation sites is 5. The summed E-state index contributed by atoms with van der Waals surface area (Å²) in [6.07, 6.45) is 5.79. The van der Waals surface area contributed by atoms with E-state index in [-0.39, 0.29) is 0 Å². The van der Waals surface area contributed by atoms with Gasteiger partial charge in [-0.15, -0.1) is 0 Å². The van der Waals surface area contributed by atoms with Gasteiger partial charge in [-0.2, -0.15) is 0 Å². The zero-order valence-electron chi connectivity index (χ0n) is 47.8. The molecule has 5 aromatic heterocycles. The summed E-state index contributed by atoms with van der Waals surface area (Å²) < 4.78 is 22.0. The van der Waals surface area contributed by atoms with E-state index in [0.717, 1.165) is 150 Å². The van der Waals surface area contributed by atoms with Crippen LogP contribution in [-0.4, -0.2) is 23.5 Å². The summed E-state index contributed by atoms with van der Waals surface area (Å²) in [6.45, 7) is 2.11. The maximum Gasteiger partial charge on any atom is 0.269 e. The second kappa shape index (κ2) is 20.7. The van der Waals surface area contributed by atoms with Crippen LogP contribution >= 0.6 is 0 Å². The van der Waals surface area contributed by atoms with Crippen molar-refractivity contribution in [1.82, 2.24) is 23.5 Å². The third kappa shape index (κ3) is 8.65. The van der Waals surface area contributed by atoms with E-state index in [1.807, 2.05) is 36.5 Å². The second-order valence-electron chi connectivity index (χ2n) is 22.4. The number of fused-ring (bicyclic) bond motifs is 9. The minimum atomic E-state index is 0.664. The highest BCUT2D eigenvalue weighted by Crippen LogP contribution is 2.42. The summed E-state index contributed by atoms with van der Waals surface area (Å²) in [6, 6.07) is 103. The Morgan fingerprint density at radius 2 is 0.955 bits per heavy atom. The Bertz CT molecular complexity index is 5290. The number of rotatable bonds is 11. The lowest BCUT2D eigenvalue weighted by atomic mass is 9.89. The van der Waals surface area contributed by atoms with Crippen LogP contribution in [0.25, 0.3) is 145 Å². The van der Waals surface area contributed by atoms with Crippen LogP contribution in [-0.2, 0) is 0 Å². The molecule has 17 aromatic rings. The van der Waals surface area contributed by atoms with Crippen molar-refractivity contribution in [3.8, 4) is 95.5 Å². The van der Waals surface area contributed by atoms with Crippen LogP contribution in [0.1, 0.15) is 5.56 Å². The fourth-order valence-corrected chi connectivity index (χ4v) is 12.9. The Kier molecular flexibility index (Phi) is 11.9. The Morgan fingerprint density at radius 1 is 0.409 bits per heavy atom. The first-order chi connectivity index (χ1) is 43.5. The van der Waals surface area contributed by atoms with Gasteiger partial charge in [0.2, 0.25) is 5.78 Å². The van der Waals surface area contributed by atoms with Crippen molar-refractivity contribution in [3.05, 3.63) is 309 Å². The minimum absolute atomic E-state index is 0.664. The van der Waals surface area contributed by atoms with Crippen LogP contribution < -0.4 is 9.30 Å². The summed E-state index contributed by atoms with van der Waals surface area (Å²) in [7, 11) is 0. The van der Waals surface area contributed by atoms with Crippen LogP contribution in [0, 0.1) is 13.3 Å². The molecule has 88 heavy (non-hydrogen) atoms. The van der Waals surface area contributed by atoms with E-state index in [9.17, 15) is 0 Å². The number of pyridine rings is 1. The second-order valence-corrected chi connectivity index (χ2v) is 22.4. The van der Waals surface area contributed by atoms with E-state index in [2.05, 4.69) is 292 Å². The van der Waals surface area contributed by atoms with Gasteiger partial charge in [-0.1, -0.05) is 200 Å². The maximum atomic E-state index is 6.97. The van der Waals surface area contributed by atoms with Crippen molar-refractivity contribution < 1.29 is 13.7 Å². The van der Waals surface area contributed by atoms with E-state index >= 15 is 0 Å². The number of imidazole rings is 3. The molecule has 0 aliphatic heterocycles. The van der Waals surface area contributed by atoms with Gasteiger partial charge >= 0.3 is 0 Å². The zero-order valence-corrected chi connectivity index (χ0v) is 47.8. The summed E-state index contributed by atoms with van der Waals surface area (Å²) in [4.78, 5) is 10.3. The van der Waals surface area contributed by atoms with Crippen LogP contribution in [0.15, 0.2) is 302 Å². The molecule has 0 saturated heterocycles. The van der Waals surface area contributed by atoms with Crippen LogP contribution in [0.4, 0.5) is 0 Å². The fraction of sp³-hybridized carbons (Fsp3) is 0.0125. The van der Waals surface area contributed by atoms with Crippen molar-refractivity contribution in [2.24, 2.45) is 0 Å². The lowest BCUT2D eigenvalue weighted by Crippen LogP contribution is -2.31. The molecule has 0 N–H and O–H groups in total. The number of aryl methyl sites for hydroxylation is 1. The summed E-state index contributed by atoms with van der Waals surface area (Å²) in [5.41, 5.74) is 23.7. The summed E-state index contributed by atoms with van der Waals surface area (Å²) in [5, 5.41) is 2.01. The van der Waals surface area contributed by atoms with Crippen LogP contribution in [0.5, 0.6) is 11.5 Å². The molecule has 12 aromatic carbocycles. The van der Waals surface area contributed by atoms with E-state index in [1.165, 1.54) is 0 Å². The average molecular weight is 1130 g/mol. The van der Waals surface area contributed by atoms with E-state index in [1.54, 1.807) is 0 Å². The third-order valence-corrected chi connectivity index (χ3v) is 17.0. The lowest BCUT2D eigenvalue weighted by Gasteiger charge is -2.20. The first-order valence-corrected chi connectivity index (χ1v) is 29.6. The molecule has 0 spiro atoms. The largest absolute Gasteiger partial charge is 0.458 e. The van der Waals surface area contributed by atoms with Gasteiger partial charge in [0.25, 0.3) is 6.33 Å². The molecule has 0 aliphatic carbocycles. The molecule has 0 bridgehead atoms. The molecule has 0 radical (unpaired) electrons. The van der Waals surface area contributed by atoms with Crippen molar-refractivity contribution in [2.75, 3.05) is 0 Å². The van der Waals surface area contributed by atoms with Gasteiger partial charge in [-0.25, -0.2) is 9.97 Å². The Hall–Kier alpha value is -11.9. The maximum absolute atomic E-state index is 6.97. The number of furan rings is 1. The highest BCUT2D eigenvalue weighted by atomic mass is 16.5. The number of nitrogens with zero attached hydrogens (tertiary/aromatic N) is 6. The Labute approximate surface area is 507 Å². The van der Waals surface area contributed by atoms with Crippen LogP contribution in [0.2, 0.25) is 0 Å². The average Bonchev–Trinajstić information content (AvgIpc) is 1.60. The molecule has 0 unspecified atom stereocenters. The third-order valence-electron chi connectivity index (χ3n) is 17.0. The first kappa shape index (κ1) is 50.6. The normalized spacial score (nSPS) is 11.7. The standard InChI is InChI=1S/C80H52N6O2/c1-52-21-18-37-73-78(52)82-80-85(73)72-40-39-65(48-74(72)86(80)77-49-69-68-32-14-17-38-75(68)88-76(69)50-81-77)87-64-31-19-30-63(47-64)83-51-84(71-36-16-15-35-70(71)83)79-66(61-43-57(53-22-6-2-7-23-53)41-58(44-61)54-24-8-3-9-25-54)33-20-34-67(79)62-45-59(55-26-10-4-11-27-55)42-60(46-62)56-28-12-5-13-29-56/h2-50H,1H3. The number of ether oxygens (including phenoxy) is 1. The molecule has 0 atom stereocenters. The monoisotopic (exact) mass is 1130 g/mol. The topological polar surface area (TPSA) is 66.3 Å². The zero-order chi connectivity index (χ0) is 58.2. The van der Waals surface area contributed by atoms with Crippen molar-refractivity contribution in [2.45, 2.75) is 6.92 Å². The Balaban J connectivity index is 0.838. The quantitative estimate of drug-likeness (QED) is 0.0956. The summed E-state index contributed by atoms with van der Waals surface area (Å²) >= 11 is 0. The molecule has 5 heterocycles. The molecule has 17 rings (SSSR count). The van der Waals surface area contributed by atoms with E-state index in [0.29, 0.717) is 11.5 Å². The highest BCUT2D eigenvalue weighted by Gasteiger charge is 2.24. The molecular weight excluding hydrogens is 1080 g/mol. The van der Waals surface area contributed by atoms with Gasteiger partial charge in [0, 0.05) is 16.8 Å². The van der Waals surface area contributed by atoms with E-state index in [4.69, 9.17) is 19.1 Å². The number of aromatic nitrogens is 6. The lowest BCUT2D eigenvalue weighted by molar-refractivity contribution is -0.571. The predicted molar refractivity (Wildman–Crippen MR) is 356 cm³/mol. The first-order valence-electron chi connectivity index (χ1n) is 29.6.